The lowest BCUT2D eigenvalue weighted by Gasteiger charge is -2.44. The van der Waals surface area contributed by atoms with Gasteiger partial charge in [-0.1, -0.05) is 151 Å². The van der Waals surface area contributed by atoms with Crippen molar-refractivity contribution in [3.05, 3.63) is 151 Å². The van der Waals surface area contributed by atoms with Crippen LogP contribution < -0.4 is 36.8 Å². The zero-order valence-corrected chi connectivity index (χ0v) is 82.0. The van der Waals surface area contributed by atoms with E-state index >= 15 is 0 Å². The van der Waals surface area contributed by atoms with Gasteiger partial charge in [0.25, 0.3) is 0 Å². The third-order valence-electron chi connectivity index (χ3n) is 24.0. The summed E-state index contributed by atoms with van der Waals surface area (Å²) >= 11 is 13.8. The number of methoxy groups -OCH3 is 3. The molecule has 12 rings (SSSR count). The van der Waals surface area contributed by atoms with Crippen LogP contribution in [0.2, 0.25) is 1.41 Å². The number of nitrogens with zero attached hydrogens (tertiary/aromatic N) is 8. The Bertz CT molecular complexity index is 4770. The molecule has 5 atom stereocenters. The number of hydrogen-bond acceptors (Lipinski definition) is 28. The van der Waals surface area contributed by atoms with Gasteiger partial charge in [0.05, 0.1) is 84.1 Å². The minimum Gasteiger partial charge on any atom is -0.465 e. The molecule has 2 radical (unpaired) electrons. The molecule has 35 heteroatoms. The number of aromatic nitrogens is 6. The number of piperidine rings is 3. The minimum atomic E-state index is -0.596. The molecule has 3 amide bonds. The van der Waals surface area contributed by atoms with Crippen molar-refractivity contribution in [2.75, 3.05) is 100 Å². The fourth-order valence-corrected chi connectivity index (χ4v) is 18.9. The Morgan fingerprint density at radius 3 is 1.26 bits per heavy atom. The number of H-pyrrole nitrogens is 1. The van der Waals surface area contributed by atoms with Gasteiger partial charge in [-0.25, -0.2) is 53.7 Å². The summed E-state index contributed by atoms with van der Waals surface area (Å²) in [4.78, 5) is 131. The number of halogens is 2. The highest BCUT2D eigenvalue weighted by molar-refractivity contribution is 9.10. The highest BCUT2D eigenvalue weighted by Crippen LogP contribution is 2.56. The number of thiol groups is 1. The van der Waals surface area contributed by atoms with Crippen LogP contribution in [0.25, 0.3) is 0 Å². The summed E-state index contributed by atoms with van der Waals surface area (Å²) < 4.78 is 57.4. The number of carbonyl (C=O) groups excluding carboxylic acids is 8. The Morgan fingerprint density at radius 2 is 0.899 bits per heavy atom. The third kappa shape index (κ3) is 30.2. The van der Waals surface area contributed by atoms with Gasteiger partial charge < -0.3 is 84.0 Å². The normalized spacial score (nSPS) is 17.6. The number of aromatic amines is 1. The number of benzene rings is 3. The monoisotopic (exact) mass is 1910 g/mol. The summed E-state index contributed by atoms with van der Waals surface area (Å²) in [5, 5.41) is 10.1. The zero-order valence-electron chi connectivity index (χ0n) is 78.8. The first-order valence-corrected chi connectivity index (χ1v) is 47.3. The van der Waals surface area contributed by atoms with E-state index in [9.17, 15) is 38.4 Å². The number of carbonyl (C=O) groups is 8. The van der Waals surface area contributed by atoms with E-state index in [0.717, 1.165) is 107 Å². The highest BCUT2D eigenvalue weighted by atomic mass is 79.9. The highest BCUT2D eigenvalue weighted by Gasteiger charge is 2.53. The van der Waals surface area contributed by atoms with Crippen molar-refractivity contribution in [1.29, 1.82) is 0 Å². The van der Waals surface area contributed by atoms with Crippen LogP contribution in [0.15, 0.2) is 101 Å². The lowest BCUT2D eigenvalue weighted by molar-refractivity contribution is -0.145. The molecule has 6 heterocycles. The number of alkyl carbamates (subject to hydrolysis) is 3. The summed E-state index contributed by atoms with van der Waals surface area (Å²) in [5.41, 5.74) is 5.60. The number of amides is 3. The average Bonchev–Trinajstić information content (AvgIpc) is 1.60. The molecular formula is C94H134BBrFN13O16S3. The first kappa shape index (κ1) is 105. The van der Waals surface area contributed by atoms with Crippen molar-refractivity contribution >= 4 is 126 Å². The number of fused-ring (bicyclic) bond motifs is 3. The molecule has 6 aromatic rings. The fourth-order valence-electron chi connectivity index (χ4n) is 17.5. The lowest BCUT2D eigenvalue weighted by atomic mass is 9.72. The number of hydrogen-bond donors (Lipinski definition) is 6. The van der Waals surface area contributed by atoms with E-state index in [4.69, 9.17) is 55.8 Å². The van der Waals surface area contributed by atoms with Crippen LogP contribution in [0.4, 0.5) is 36.2 Å². The second-order valence-corrected chi connectivity index (χ2v) is 39.2. The predicted molar refractivity (Wildman–Crippen MR) is 508 cm³/mol. The van der Waals surface area contributed by atoms with Crippen LogP contribution in [0.5, 0.6) is 0 Å². The molecule has 3 aromatic carbocycles. The van der Waals surface area contributed by atoms with Gasteiger partial charge in [-0.15, -0.1) is 11.8 Å². The number of nitrogens with one attached hydrogen (secondary N) is 4. The van der Waals surface area contributed by atoms with E-state index in [0.29, 0.717) is 114 Å². The van der Waals surface area contributed by atoms with Crippen molar-refractivity contribution < 1.29 is 82.0 Å². The van der Waals surface area contributed by atoms with Crippen LogP contribution in [-0.4, -0.2) is 188 Å². The van der Waals surface area contributed by atoms with Gasteiger partial charge in [-0.05, 0) is 194 Å². The van der Waals surface area contributed by atoms with Crippen LogP contribution >= 0.6 is 52.5 Å². The Hall–Kier alpha value is -9.19. The maximum atomic E-state index is 12.9. The number of anilines is 3. The number of unbranched alkanes of at least 4 members (excludes halogenated alkanes) is 2. The number of rotatable bonds is 27. The van der Waals surface area contributed by atoms with Crippen LogP contribution in [-0.2, 0) is 66.7 Å². The quantitative estimate of drug-likeness (QED) is 0.00696. The van der Waals surface area contributed by atoms with Gasteiger partial charge in [0.15, 0.2) is 34.5 Å². The first-order chi connectivity index (χ1) is 62.0. The molecule has 6 aliphatic rings. The number of esters is 5. The molecule has 3 saturated heterocycles. The largest absolute Gasteiger partial charge is 0.465 e. The SMILES string of the molecule is CCCCC(CC)COC(=O)CCS.CCCCC(CC)COC(=O)CCSc1cnc(N2CCC3(CC2)Cc2ccccc2[C@H]3NC(=O)OC(C)(C)C)c(C(=O)OC)n1.COC(=O)c1[nH]c(=S)cnc1N1CCC2(CC1)Cc1ccccc1[C@H]2NC(=O)OC(C)(C)C.COC(=O)c1nc(Br)cnc1N1CCC2(CC1)Cc1ccccc1[C@H]2NC(=O)OC(C)(C)C.[2H]N.[B]F. The number of thioether (sulfide) groups is 1. The molecule has 3 aromatic heterocycles. The van der Waals surface area contributed by atoms with Gasteiger partial charge in [0, 0.05) is 67.0 Å². The fraction of sp³-hybridized carbons (Fsp3) is 0.596. The van der Waals surface area contributed by atoms with Gasteiger partial charge >= 0.3 is 56.2 Å². The van der Waals surface area contributed by atoms with E-state index in [1.54, 1.807) is 18.6 Å². The van der Waals surface area contributed by atoms with Crippen molar-refractivity contribution in [3.63, 3.8) is 0 Å². The Labute approximate surface area is 786 Å². The smallest absolute Gasteiger partial charge is 0.408 e. The summed E-state index contributed by atoms with van der Waals surface area (Å²) in [5.74, 6) is 1.62. The van der Waals surface area contributed by atoms with Crippen LogP contribution in [0.1, 0.15) is 276 Å². The Balaban J connectivity index is 0.000000247. The van der Waals surface area contributed by atoms with Gasteiger partial charge in [-0.3, -0.25) is 9.59 Å². The summed E-state index contributed by atoms with van der Waals surface area (Å²) in [6.45, 7) is 30.4. The third-order valence-corrected chi connectivity index (χ3v) is 25.7. The zero-order chi connectivity index (χ0) is 95.7. The van der Waals surface area contributed by atoms with E-state index < -0.39 is 53.0 Å². The molecular weight excluding hydrogens is 1770 g/mol. The summed E-state index contributed by atoms with van der Waals surface area (Å²) in [6, 6.07) is 24.4. The molecule has 3 aliphatic carbocycles. The van der Waals surface area contributed by atoms with Crippen LogP contribution in [0.3, 0.4) is 0 Å². The van der Waals surface area contributed by atoms with Crippen molar-refractivity contribution in [2.45, 2.75) is 252 Å². The molecule has 0 saturated carbocycles. The van der Waals surface area contributed by atoms with Gasteiger partial charge in [-0.2, -0.15) is 12.6 Å². The van der Waals surface area contributed by atoms with Crippen molar-refractivity contribution in [1.82, 2.24) is 52.0 Å². The molecule has 2 unspecified atom stereocenters. The molecule has 0 bridgehead atoms. The van der Waals surface area contributed by atoms with Gasteiger partial charge in [0.2, 0.25) is 0 Å². The van der Waals surface area contributed by atoms with Crippen LogP contribution in [0, 0.1) is 32.7 Å². The van der Waals surface area contributed by atoms with E-state index in [1.165, 1.54) is 69.0 Å². The molecule has 3 fully saturated rings. The van der Waals surface area contributed by atoms with Crippen molar-refractivity contribution in [3.8, 4) is 0 Å². The molecule has 129 heavy (non-hydrogen) atoms. The second kappa shape index (κ2) is 49.9. The second-order valence-electron chi connectivity index (χ2n) is 36.4. The van der Waals surface area contributed by atoms with Gasteiger partial charge in [0.1, 0.15) is 32.5 Å². The standard InChI is InChI=1S/C35H50N4O6S.C24H29BrN4O4.C24H30N4O4S.C11H22O2S.BF.H3N/c1-7-9-12-24(8-2)23-44-28(40)15-20-46-27-22-36-31(29(37-27)32(41)43-6)39-18-16-35(17-19-39)21-25-13-10-11-14-26(25)30(35)38-33(42)45-34(3,4)5;1-23(2,3)33-22(31)28-19-16-8-6-5-7-15(16)13-24(19)9-11-29(12-10-24)20-18(21(30)32-4)27-17(25)14-26-20;1-23(2,3)32-22(30)27-19-16-8-6-5-7-15(16)13-24(19)9-11-28(12-10-24)20-18(21(29)31-4)26-17(33)14-25-20;1-3-5-6-10(4-2)9-13-11(12)7-8-14;1-2;/h10-11,13-14,22,24,30H,7-9,12,15-21,23H2,1-6H3,(H,38,42);5-8,14,19H,9-13H2,1-4H3,(H,28,31);5-8,14,19H,9-13H2,1-4H3,(H,26,33)(H,27,30);10,14H,3-9H2,1-2H3;;1H3/t24?,30-;2*19-;;;/m111.../s1/i/hD. The molecule has 3 aliphatic heterocycles. The minimum absolute atomic E-state index is 0.116. The molecule has 706 valence electrons. The van der Waals surface area contributed by atoms with E-state index in [2.05, 4.69) is 167 Å². The molecule has 3 spiro atoms. The Morgan fingerprint density at radius 1 is 0.550 bits per heavy atom. The van der Waals surface area contributed by atoms with E-state index in [-0.39, 0.29) is 69.8 Å². The van der Waals surface area contributed by atoms with Crippen molar-refractivity contribution in [2.24, 2.45) is 28.1 Å². The summed E-state index contributed by atoms with van der Waals surface area (Å²) in [7, 11) is 7.01. The maximum absolute atomic E-state index is 12.9. The summed E-state index contributed by atoms with van der Waals surface area (Å²) in [6.07, 6.45) is 24.5. The predicted octanol–water partition coefficient (Wildman–Crippen LogP) is 18.9. The maximum Gasteiger partial charge on any atom is 0.408 e. The molecule has 29 nitrogen and oxygen atoms in total. The lowest BCUT2D eigenvalue weighted by Crippen LogP contribution is -2.48. The Kier molecular flexibility index (Phi) is 40.7. The molecule has 7 N–H and O–H groups in total. The average molecular weight is 1910 g/mol. The van der Waals surface area contributed by atoms with E-state index in [1.807, 2.05) is 98.7 Å². The topological polar surface area (TPSA) is 371 Å². The first-order valence-electron chi connectivity index (χ1n) is 45.0. The number of ether oxygens (including phenoxy) is 8.